The highest BCUT2D eigenvalue weighted by molar-refractivity contribution is 5.93. The third-order valence-corrected chi connectivity index (χ3v) is 16.8. The van der Waals surface area contributed by atoms with Crippen LogP contribution in [0.5, 0.6) is 51.7 Å². The van der Waals surface area contributed by atoms with Gasteiger partial charge in [-0.05, 0) is 167 Å². The van der Waals surface area contributed by atoms with Crippen LogP contribution < -0.4 is 42.6 Å². The Morgan fingerprint density at radius 2 is 0.623 bits per heavy atom. The Bertz CT molecular complexity index is 5080. The summed E-state index contributed by atoms with van der Waals surface area (Å²) < 4.78 is 184. The second-order valence-electron chi connectivity index (χ2n) is 25.0. The van der Waals surface area contributed by atoms with Gasteiger partial charge in [0.05, 0.1) is 22.8 Å². The second kappa shape index (κ2) is 56.0. The van der Waals surface area contributed by atoms with Gasteiger partial charge in [-0.3, -0.25) is 9.59 Å². The van der Waals surface area contributed by atoms with Crippen LogP contribution in [0, 0.1) is 23.0 Å². The molecule has 0 N–H and O–H groups in total. The lowest BCUT2D eigenvalue weighted by atomic mass is 9.82. The zero-order valence-electron chi connectivity index (χ0n) is 63.5. The molecular weight excluding hydrogens is 1710 g/mol. The van der Waals surface area contributed by atoms with Gasteiger partial charge in [-0.1, -0.05) is 182 Å². The number of ether oxygens (including phenoxy) is 14. The Balaban J connectivity index is -0.00000191. The molecule has 0 atom stereocenters. The number of esters is 9. The van der Waals surface area contributed by atoms with E-state index in [9.17, 15) is 78.3 Å². The van der Waals surface area contributed by atoms with Crippen LogP contribution in [0.2, 0.25) is 0 Å². The summed E-state index contributed by atoms with van der Waals surface area (Å²) in [5.41, 5.74) is 0.967. The molecule has 130 heavy (non-hydrogen) atoms. The number of benzene rings is 9. The third-order valence-electron chi connectivity index (χ3n) is 16.8. The van der Waals surface area contributed by atoms with E-state index in [4.69, 9.17) is 62.1 Å². The van der Waals surface area contributed by atoms with Crippen LogP contribution in [0.3, 0.4) is 0 Å². The van der Waals surface area contributed by atoms with Crippen molar-refractivity contribution in [1.82, 2.24) is 0 Å². The summed E-state index contributed by atoms with van der Waals surface area (Å²) in [6, 6.07) is 46.6. The summed E-state index contributed by atoms with van der Waals surface area (Å²) in [6.45, 7) is 18.3. The van der Waals surface area contributed by atoms with Crippen molar-refractivity contribution in [2.75, 3.05) is 34.0 Å². The van der Waals surface area contributed by atoms with Gasteiger partial charge in [0.25, 0.3) is 0 Å². The molecule has 0 saturated carbocycles. The van der Waals surface area contributed by atoms with Crippen LogP contribution in [-0.4, -0.2) is 87.7 Å². The molecule has 0 spiro atoms. The molecule has 0 amide bonds. The summed E-state index contributed by atoms with van der Waals surface area (Å²) in [7, 11) is 0. The van der Waals surface area contributed by atoms with Gasteiger partial charge in [0.1, 0.15) is 74.5 Å². The monoisotopic (exact) mass is 1820 g/mol. The normalized spacial score (nSPS) is 10.4. The molecule has 9 aromatic carbocycles. The minimum absolute atomic E-state index is 0. The SMILES string of the molecule is C.C.C.C.C.C.C.C.C.C.C=CC(=O)OCOc1ccc(-c2ccc(C#N)cc2)cc1.C=CC(=O)OCOc1ccc(C(=O)Oc2ccc3c(c2)C(C)(C)c2cc(OC(=O)c4ccc(OCOC(=O)C=C)cc4F)ccc2-3)c(F)c1.C=CC(=O)OCOc1ccc(CCC(=O)Oc2ccc(OC(=O)CCc3ccc(OCOC(=O)C=C)cc3)c(C(F)(F)F)c2C(F)(F)F)cc1. The molecule has 0 radical (unpaired) electrons. The minimum atomic E-state index is -5.67. The number of carbonyl (C=O) groups is 9. The maximum absolute atomic E-state index is 14.7. The third kappa shape index (κ3) is 34.6. The average Bonchev–Trinajstić information content (AvgIpc) is 1.55. The van der Waals surface area contributed by atoms with E-state index in [0.29, 0.717) is 34.6 Å². The largest absolute Gasteiger partial charge is 0.457 e. The Labute approximate surface area is 752 Å². The Morgan fingerprint density at radius 3 is 0.900 bits per heavy atom. The average molecular weight is 1820 g/mol. The molecule has 32 heteroatoms. The van der Waals surface area contributed by atoms with Crippen LogP contribution in [0.25, 0.3) is 22.3 Å². The van der Waals surface area contributed by atoms with Gasteiger partial charge in [-0.25, -0.2) is 42.3 Å². The highest BCUT2D eigenvalue weighted by atomic mass is 19.4. The van der Waals surface area contributed by atoms with Crippen molar-refractivity contribution in [2.24, 2.45) is 0 Å². The smallest absolute Gasteiger partial charge is 0.420 e. The van der Waals surface area contributed by atoms with Gasteiger partial charge in [0.2, 0.25) is 34.0 Å². The maximum Gasteiger partial charge on any atom is 0.420 e. The standard InChI is InChI=1S/C37H28F2O10.C34H28F6O10.C17H13NO3.10CH4/c1-5-33(40)46-19-44-21-7-13-27(31(38)17-21)35(42)48-23-9-11-25-26-12-10-24(16-30(26)37(3,4)29(25)15-23)49-36(43)28-14-8-22(18-32(28)39)45-20-47-34(41)6-2;1-3-27(41)47-19-45-23-11-5-21(6-12-23)9-17-29(43)49-25-15-16-26(32(34(38,39)40)31(25)33(35,36)37)50-30(44)18-10-22-7-13-24(14-8-22)46-20-48-28(42)4-2;1-2-17(19)21-12-20-16-9-7-15(8-10-16)14-5-3-13(11-18)4-6-14;;;;;;;;;;/h5-18H,1-2,19-20H2,3-4H3;3-8,11-16H,1-2,9-10,17-20H2;2-10H,1,12H2;10*1H4. The maximum atomic E-state index is 14.7. The van der Waals surface area contributed by atoms with Gasteiger partial charge in [-0.2, -0.15) is 31.6 Å². The molecule has 1 aliphatic carbocycles. The van der Waals surface area contributed by atoms with E-state index < -0.39 is 146 Å². The molecule has 0 unspecified atom stereocenters. The van der Waals surface area contributed by atoms with Crippen molar-refractivity contribution >= 4 is 53.7 Å². The fraction of sp³-hybridized carbons (Fsp3) is 0.245. The number of alkyl halides is 6. The molecule has 24 nitrogen and oxygen atoms in total. The Morgan fingerprint density at radius 1 is 0.354 bits per heavy atom. The lowest BCUT2D eigenvalue weighted by molar-refractivity contribution is -0.165. The van der Waals surface area contributed by atoms with E-state index in [-0.39, 0.29) is 140 Å². The van der Waals surface area contributed by atoms with Crippen LogP contribution in [0.4, 0.5) is 35.1 Å². The first kappa shape index (κ1) is 119. The fourth-order valence-electron chi connectivity index (χ4n) is 10.8. The number of hydrogen-bond acceptors (Lipinski definition) is 24. The summed E-state index contributed by atoms with van der Waals surface area (Å²) in [4.78, 5) is 106. The fourth-order valence-corrected chi connectivity index (χ4v) is 10.8. The van der Waals surface area contributed by atoms with Crippen molar-refractivity contribution in [3.05, 3.63) is 307 Å². The van der Waals surface area contributed by atoms with Crippen molar-refractivity contribution in [1.29, 1.82) is 5.26 Å². The summed E-state index contributed by atoms with van der Waals surface area (Å²) in [5, 5.41) is 8.77. The number of rotatable bonds is 33. The predicted molar refractivity (Wildman–Crippen MR) is 477 cm³/mol. The number of aryl methyl sites for hydroxylation is 2. The molecule has 0 bridgehead atoms. The van der Waals surface area contributed by atoms with Crippen molar-refractivity contribution in [3.63, 3.8) is 0 Å². The molecule has 0 aromatic heterocycles. The quantitative estimate of drug-likeness (QED) is 0.00921. The predicted octanol–water partition coefficient (Wildman–Crippen LogP) is 23.4. The van der Waals surface area contributed by atoms with Crippen molar-refractivity contribution in [3.8, 4) is 80.1 Å². The lowest BCUT2D eigenvalue weighted by Crippen LogP contribution is -2.22. The molecular formula is C98H109F8NO23. The Kier molecular flexibility index (Phi) is 51.3. The van der Waals surface area contributed by atoms with E-state index in [1.54, 1.807) is 60.7 Å². The molecule has 10 rings (SSSR count). The van der Waals surface area contributed by atoms with Crippen LogP contribution in [0.15, 0.2) is 245 Å². The molecule has 9 aromatic rings. The van der Waals surface area contributed by atoms with Crippen LogP contribution in [-0.2, 0) is 87.9 Å². The van der Waals surface area contributed by atoms with Crippen LogP contribution in [0.1, 0.15) is 161 Å². The van der Waals surface area contributed by atoms with Crippen molar-refractivity contribution in [2.45, 2.75) is 132 Å². The first-order valence-electron chi connectivity index (χ1n) is 35.2. The van der Waals surface area contributed by atoms with Gasteiger partial charge in [-0.15, -0.1) is 0 Å². The zero-order valence-corrected chi connectivity index (χ0v) is 63.5. The lowest BCUT2D eigenvalue weighted by Gasteiger charge is -2.22. The Hall–Kier alpha value is -15.2. The van der Waals surface area contributed by atoms with E-state index >= 15 is 0 Å². The zero-order chi connectivity index (χ0) is 87.3. The van der Waals surface area contributed by atoms with Gasteiger partial charge >= 0.3 is 66.1 Å². The number of halogens is 8. The summed E-state index contributed by atoms with van der Waals surface area (Å²) in [5.74, 6) is -10.8. The van der Waals surface area contributed by atoms with E-state index in [0.717, 1.165) is 75.9 Å². The van der Waals surface area contributed by atoms with E-state index in [2.05, 4.69) is 48.4 Å². The molecule has 0 fully saturated rings. The first-order chi connectivity index (χ1) is 57.2. The van der Waals surface area contributed by atoms with Crippen molar-refractivity contribution < 1.29 is 145 Å². The second-order valence-corrected chi connectivity index (χ2v) is 25.0. The molecule has 700 valence electrons. The van der Waals surface area contributed by atoms with Gasteiger partial charge in [0.15, 0.2) is 0 Å². The number of carbonyl (C=O) groups excluding carboxylic acids is 9. The van der Waals surface area contributed by atoms with Gasteiger partial charge < -0.3 is 66.3 Å². The molecule has 0 heterocycles. The number of nitriles is 1. The summed E-state index contributed by atoms with van der Waals surface area (Å²) >= 11 is 0. The first-order valence-corrected chi connectivity index (χ1v) is 35.2. The number of fused-ring (bicyclic) bond motifs is 3. The number of hydrogen-bond donors (Lipinski definition) is 0. The van der Waals surface area contributed by atoms with E-state index in [1.165, 1.54) is 72.8 Å². The molecule has 0 saturated heterocycles. The molecule has 0 aliphatic heterocycles. The van der Waals surface area contributed by atoms with Crippen LogP contribution >= 0.6 is 0 Å². The highest BCUT2D eigenvalue weighted by Gasteiger charge is 2.49. The minimum Gasteiger partial charge on any atom is -0.457 e. The topological polar surface area (TPSA) is 307 Å². The highest BCUT2D eigenvalue weighted by Crippen LogP contribution is 2.52. The van der Waals surface area contributed by atoms with E-state index in [1.807, 2.05) is 38.1 Å². The van der Waals surface area contributed by atoms with Gasteiger partial charge in [0, 0.05) is 60.8 Å². The summed E-state index contributed by atoms with van der Waals surface area (Å²) in [6.07, 6.45) is -7.62. The molecule has 1 aliphatic rings. The number of nitrogens with zero attached hydrogens (tertiary/aromatic N) is 1.